The molecule has 3 nitrogen and oxygen atoms in total. The van der Waals surface area contributed by atoms with E-state index in [1.54, 1.807) is 0 Å². The van der Waals surface area contributed by atoms with Gasteiger partial charge in [0.1, 0.15) is 0 Å². The average molecular weight is 646 g/mol. The van der Waals surface area contributed by atoms with E-state index in [0.29, 0.717) is 0 Å². The molecular formula is C45H31N3S. The van der Waals surface area contributed by atoms with E-state index in [9.17, 15) is 0 Å². The standard InChI is InChI=1S/C45H31N3S/c46-26-25-41(35-16-9-15-34(27-35)36-18-10-19-40-39-17-7-8-20-44(39)49-45(36)40)47-48-42-28-32(30-11-3-1-4-12-30)21-23-37(42)38-24-22-33(29-43(38)48)31-13-5-2-6-14-31/h1-29,46-47H/b41-25-,46-26?. The van der Waals surface area contributed by atoms with Crippen molar-refractivity contribution in [2.24, 2.45) is 0 Å². The van der Waals surface area contributed by atoms with Crippen LogP contribution in [-0.2, 0) is 0 Å². The molecule has 2 heterocycles. The number of allylic oxidation sites excluding steroid dienone is 1. The Hall–Kier alpha value is -6.23. The number of benzene rings is 7. The van der Waals surface area contributed by atoms with E-state index in [4.69, 9.17) is 5.41 Å². The van der Waals surface area contributed by atoms with Crippen LogP contribution in [-0.4, -0.2) is 10.9 Å². The Morgan fingerprint density at radius 2 is 1.10 bits per heavy atom. The van der Waals surface area contributed by atoms with Crippen molar-refractivity contribution < 1.29 is 0 Å². The minimum absolute atomic E-state index is 0.842. The monoisotopic (exact) mass is 645 g/mol. The molecule has 4 heteroatoms. The summed E-state index contributed by atoms with van der Waals surface area (Å²) in [6, 6.07) is 58.3. The minimum atomic E-state index is 0.842. The maximum atomic E-state index is 8.17. The molecular weight excluding hydrogens is 615 g/mol. The second-order valence-corrected chi connectivity index (χ2v) is 13.3. The lowest BCUT2D eigenvalue weighted by Crippen LogP contribution is -2.13. The van der Waals surface area contributed by atoms with Gasteiger partial charge in [-0.3, -0.25) is 10.1 Å². The third-order valence-electron chi connectivity index (χ3n) is 9.35. The van der Waals surface area contributed by atoms with Crippen molar-refractivity contribution >= 4 is 65.2 Å². The van der Waals surface area contributed by atoms with Gasteiger partial charge in [-0.05, 0) is 63.7 Å². The predicted octanol–water partition coefficient (Wildman–Crippen LogP) is 12.4. The Morgan fingerprint density at radius 3 is 1.78 bits per heavy atom. The Bertz CT molecular complexity index is 2600. The predicted molar refractivity (Wildman–Crippen MR) is 211 cm³/mol. The normalized spacial score (nSPS) is 11.9. The van der Waals surface area contributed by atoms with E-state index in [2.05, 4.69) is 174 Å². The summed E-state index contributed by atoms with van der Waals surface area (Å²) >= 11 is 1.84. The summed E-state index contributed by atoms with van der Waals surface area (Å²) in [4.78, 5) is 0. The van der Waals surface area contributed by atoms with Crippen LogP contribution < -0.4 is 5.43 Å². The number of rotatable bonds is 7. The van der Waals surface area contributed by atoms with Crippen LogP contribution in [0.1, 0.15) is 5.56 Å². The molecule has 0 unspecified atom stereocenters. The molecule has 9 rings (SSSR count). The summed E-state index contributed by atoms with van der Waals surface area (Å²) < 4.78 is 4.78. The summed E-state index contributed by atoms with van der Waals surface area (Å²) in [5.74, 6) is 0. The molecule has 0 radical (unpaired) electrons. The van der Waals surface area contributed by atoms with Gasteiger partial charge in [0.25, 0.3) is 0 Å². The van der Waals surface area contributed by atoms with E-state index in [-0.39, 0.29) is 0 Å². The molecule has 0 aliphatic rings. The minimum Gasteiger partial charge on any atom is -0.309 e. The third-order valence-corrected chi connectivity index (χ3v) is 10.6. The van der Waals surface area contributed by atoms with Gasteiger partial charge in [0.05, 0.1) is 16.7 Å². The fraction of sp³-hybridized carbons (Fsp3) is 0. The van der Waals surface area contributed by atoms with Gasteiger partial charge in [-0.2, -0.15) is 0 Å². The molecule has 0 amide bonds. The summed E-state index contributed by atoms with van der Waals surface area (Å²) in [7, 11) is 0. The maximum Gasteiger partial charge on any atom is 0.0716 e. The Morgan fingerprint density at radius 1 is 0.510 bits per heavy atom. The largest absolute Gasteiger partial charge is 0.309 e. The van der Waals surface area contributed by atoms with Crippen molar-refractivity contribution in [3.05, 3.63) is 175 Å². The van der Waals surface area contributed by atoms with Crippen LogP contribution in [0.2, 0.25) is 0 Å². The van der Waals surface area contributed by atoms with Crippen LogP contribution in [0.4, 0.5) is 0 Å². The zero-order valence-corrected chi connectivity index (χ0v) is 27.4. The van der Waals surface area contributed by atoms with Crippen molar-refractivity contribution in [1.82, 2.24) is 4.68 Å². The van der Waals surface area contributed by atoms with Gasteiger partial charge in [0.2, 0.25) is 0 Å². The number of hydrogen-bond acceptors (Lipinski definition) is 3. The molecule has 7 aromatic carbocycles. The second-order valence-electron chi connectivity index (χ2n) is 12.3. The molecule has 0 saturated carbocycles. The first-order valence-corrected chi connectivity index (χ1v) is 17.2. The fourth-order valence-corrected chi connectivity index (χ4v) is 8.23. The van der Waals surface area contributed by atoms with Crippen LogP contribution >= 0.6 is 11.3 Å². The van der Waals surface area contributed by atoms with Gasteiger partial charge < -0.3 is 5.41 Å². The highest BCUT2D eigenvalue weighted by Crippen LogP contribution is 2.40. The molecule has 0 atom stereocenters. The molecule has 2 N–H and O–H groups in total. The number of nitrogens with one attached hydrogen (secondary N) is 2. The summed E-state index contributed by atoms with van der Waals surface area (Å²) in [5.41, 5.74) is 14.8. The van der Waals surface area contributed by atoms with Gasteiger partial charge in [-0.15, -0.1) is 11.3 Å². The van der Waals surface area contributed by atoms with Gasteiger partial charge >= 0.3 is 0 Å². The van der Waals surface area contributed by atoms with Crippen LogP contribution in [0, 0.1) is 5.41 Å². The Labute approximate surface area is 288 Å². The van der Waals surface area contributed by atoms with E-state index in [1.807, 2.05) is 17.4 Å². The lowest BCUT2D eigenvalue weighted by Gasteiger charge is -2.17. The van der Waals surface area contributed by atoms with E-state index in [1.165, 1.54) is 53.8 Å². The Balaban J connectivity index is 1.21. The molecule has 2 aromatic heterocycles. The van der Waals surface area contributed by atoms with Crippen molar-refractivity contribution in [2.75, 3.05) is 5.43 Å². The van der Waals surface area contributed by atoms with Gasteiger partial charge in [0.15, 0.2) is 0 Å². The first-order chi connectivity index (χ1) is 24.2. The summed E-state index contributed by atoms with van der Waals surface area (Å²) in [5, 5.41) is 13.1. The highest BCUT2D eigenvalue weighted by molar-refractivity contribution is 7.26. The van der Waals surface area contributed by atoms with E-state index in [0.717, 1.165) is 39.0 Å². The quantitative estimate of drug-likeness (QED) is 0.166. The lowest BCUT2D eigenvalue weighted by molar-refractivity contribution is 1.06. The van der Waals surface area contributed by atoms with Crippen LogP contribution in [0.15, 0.2) is 170 Å². The van der Waals surface area contributed by atoms with E-state index < -0.39 is 0 Å². The number of thiophene rings is 1. The third kappa shape index (κ3) is 5.10. The molecule has 0 fully saturated rings. The number of hydrogen-bond donors (Lipinski definition) is 2. The first kappa shape index (κ1) is 29.0. The fourth-order valence-electron chi connectivity index (χ4n) is 6.99. The highest BCUT2D eigenvalue weighted by Gasteiger charge is 2.16. The van der Waals surface area contributed by atoms with Crippen molar-refractivity contribution in [3.63, 3.8) is 0 Å². The lowest BCUT2D eigenvalue weighted by atomic mass is 10.00. The first-order valence-electron chi connectivity index (χ1n) is 16.4. The number of fused-ring (bicyclic) bond motifs is 6. The summed E-state index contributed by atoms with van der Waals surface area (Å²) in [6.07, 6.45) is 3.21. The maximum absolute atomic E-state index is 8.17. The van der Waals surface area contributed by atoms with E-state index >= 15 is 0 Å². The summed E-state index contributed by atoms with van der Waals surface area (Å²) in [6.45, 7) is 0. The van der Waals surface area contributed by atoms with Gasteiger partial charge in [0, 0.05) is 42.7 Å². The zero-order chi connectivity index (χ0) is 32.7. The molecule has 0 spiro atoms. The number of aromatic nitrogens is 1. The van der Waals surface area contributed by atoms with Gasteiger partial charge in [-0.1, -0.05) is 140 Å². The smallest absolute Gasteiger partial charge is 0.0716 e. The molecule has 0 aliphatic heterocycles. The van der Waals surface area contributed by atoms with Crippen LogP contribution in [0.3, 0.4) is 0 Å². The average Bonchev–Trinajstić information content (AvgIpc) is 3.70. The zero-order valence-electron chi connectivity index (χ0n) is 26.6. The van der Waals surface area contributed by atoms with Crippen LogP contribution in [0.25, 0.3) is 81.1 Å². The van der Waals surface area contributed by atoms with Crippen molar-refractivity contribution in [3.8, 4) is 33.4 Å². The highest BCUT2D eigenvalue weighted by atomic mass is 32.1. The van der Waals surface area contributed by atoms with Gasteiger partial charge in [-0.25, -0.2) is 0 Å². The molecule has 49 heavy (non-hydrogen) atoms. The van der Waals surface area contributed by atoms with Crippen molar-refractivity contribution in [1.29, 1.82) is 5.41 Å². The number of nitrogens with zero attached hydrogens (tertiary/aromatic N) is 1. The topological polar surface area (TPSA) is 40.8 Å². The molecule has 9 aromatic rings. The molecule has 0 saturated heterocycles. The molecule has 0 bridgehead atoms. The second kappa shape index (κ2) is 12.1. The van der Waals surface area contributed by atoms with Crippen LogP contribution in [0.5, 0.6) is 0 Å². The Kier molecular flexibility index (Phi) is 7.15. The molecule has 0 aliphatic carbocycles. The molecule has 232 valence electrons. The SMILES string of the molecule is N=C/C=C(\Nn1c2cc(-c3ccccc3)ccc2c2ccc(-c3ccccc3)cc21)c1cccc(-c2cccc3c2sc2ccccc23)c1. The van der Waals surface area contributed by atoms with Crippen molar-refractivity contribution in [2.45, 2.75) is 0 Å².